The molecular weight excluding hydrogens is 302 g/mol. The predicted molar refractivity (Wildman–Crippen MR) is 88.9 cm³/mol. The van der Waals surface area contributed by atoms with Gasteiger partial charge in [0.15, 0.2) is 11.5 Å². The lowest BCUT2D eigenvalue weighted by Gasteiger charge is -2.32. The van der Waals surface area contributed by atoms with Crippen LogP contribution in [-0.4, -0.2) is 31.0 Å². The molecule has 0 heterocycles. The molecule has 0 aromatic heterocycles. The molecule has 2 rings (SSSR count). The molecule has 4 nitrogen and oxygen atoms in total. The molecule has 1 saturated carbocycles. The first kappa shape index (κ1) is 17.4. The first-order chi connectivity index (χ1) is 10.6. The predicted octanol–water partition coefficient (Wildman–Crippen LogP) is 3.53. The summed E-state index contributed by atoms with van der Waals surface area (Å²) in [6, 6.07) is 3.81. The van der Waals surface area contributed by atoms with Crippen LogP contribution < -0.4 is 14.8 Å². The summed E-state index contributed by atoms with van der Waals surface area (Å²) in [6.45, 7) is 3.71. The Morgan fingerprint density at radius 1 is 1.27 bits per heavy atom. The third-order valence-corrected chi connectivity index (χ3v) is 4.43. The molecule has 1 aromatic rings. The van der Waals surface area contributed by atoms with E-state index < -0.39 is 5.60 Å². The maximum Gasteiger partial charge on any atom is 0.179 e. The van der Waals surface area contributed by atoms with E-state index in [1.807, 2.05) is 19.1 Å². The van der Waals surface area contributed by atoms with Crippen LogP contribution in [-0.2, 0) is 6.54 Å². The minimum Gasteiger partial charge on any atom is -0.493 e. The van der Waals surface area contributed by atoms with E-state index in [9.17, 15) is 5.11 Å². The fourth-order valence-electron chi connectivity index (χ4n) is 2.99. The molecule has 1 aliphatic rings. The number of nitrogens with one attached hydrogen (secondary N) is 1. The average Bonchev–Trinajstić information content (AvgIpc) is 2.50. The van der Waals surface area contributed by atoms with Gasteiger partial charge in [-0.05, 0) is 37.5 Å². The lowest BCUT2D eigenvalue weighted by atomic mass is 9.85. The van der Waals surface area contributed by atoms with E-state index in [4.69, 9.17) is 21.1 Å². The zero-order valence-corrected chi connectivity index (χ0v) is 14.2. The van der Waals surface area contributed by atoms with Gasteiger partial charge in [0.25, 0.3) is 0 Å². The van der Waals surface area contributed by atoms with Crippen molar-refractivity contribution in [2.75, 3.05) is 20.3 Å². The van der Waals surface area contributed by atoms with E-state index in [2.05, 4.69) is 5.32 Å². The summed E-state index contributed by atoms with van der Waals surface area (Å²) in [5.41, 5.74) is 0.460. The number of halogens is 1. The van der Waals surface area contributed by atoms with Crippen molar-refractivity contribution in [2.24, 2.45) is 0 Å². The second-order valence-electron chi connectivity index (χ2n) is 5.93. The number of rotatable bonds is 7. The third kappa shape index (κ3) is 4.51. The molecule has 1 aromatic carbocycles. The second-order valence-corrected chi connectivity index (χ2v) is 6.34. The van der Waals surface area contributed by atoms with Crippen molar-refractivity contribution in [2.45, 2.75) is 51.2 Å². The van der Waals surface area contributed by atoms with E-state index in [1.165, 1.54) is 6.42 Å². The largest absolute Gasteiger partial charge is 0.493 e. The van der Waals surface area contributed by atoms with Gasteiger partial charge in [0.05, 0.1) is 24.3 Å². The van der Waals surface area contributed by atoms with Crippen molar-refractivity contribution in [3.05, 3.63) is 22.7 Å². The minimum absolute atomic E-state index is 0.542. The Morgan fingerprint density at radius 3 is 2.64 bits per heavy atom. The number of benzene rings is 1. The summed E-state index contributed by atoms with van der Waals surface area (Å²) in [5.74, 6) is 1.23. The van der Waals surface area contributed by atoms with Crippen LogP contribution in [0.15, 0.2) is 12.1 Å². The Morgan fingerprint density at radius 2 is 2.00 bits per heavy atom. The van der Waals surface area contributed by atoms with Crippen molar-refractivity contribution in [1.82, 2.24) is 5.32 Å². The monoisotopic (exact) mass is 327 g/mol. The maximum atomic E-state index is 10.5. The summed E-state index contributed by atoms with van der Waals surface area (Å²) in [7, 11) is 1.61. The smallest absolute Gasteiger partial charge is 0.179 e. The van der Waals surface area contributed by atoms with Gasteiger partial charge in [0, 0.05) is 13.1 Å². The van der Waals surface area contributed by atoms with Crippen LogP contribution in [0.3, 0.4) is 0 Å². The van der Waals surface area contributed by atoms with Crippen LogP contribution in [0.4, 0.5) is 0 Å². The first-order valence-electron chi connectivity index (χ1n) is 8.00. The highest BCUT2D eigenvalue weighted by molar-refractivity contribution is 6.32. The molecule has 0 saturated heterocycles. The van der Waals surface area contributed by atoms with Crippen molar-refractivity contribution >= 4 is 11.6 Å². The van der Waals surface area contributed by atoms with E-state index in [0.717, 1.165) is 31.2 Å². The van der Waals surface area contributed by atoms with Crippen LogP contribution in [0.25, 0.3) is 0 Å². The molecule has 0 aliphatic heterocycles. The molecule has 0 radical (unpaired) electrons. The van der Waals surface area contributed by atoms with Crippen molar-refractivity contribution in [3.63, 3.8) is 0 Å². The summed E-state index contributed by atoms with van der Waals surface area (Å²) in [5, 5.41) is 14.4. The van der Waals surface area contributed by atoms with Gasteiger partial charge in [-0.1, -0.05) is 30.9 Å². The van der Waals surface area contributed by atoms with E-state index in [1.54, 1.807) is 7.11 Å². The maximum absolute atomic E-state index is 10.5. The molecule has 2 N–H and O–H groups in total. The number of hydrogen-bond acceptors (Lipinski definition) is 4. The molecule has 0 atom stereocenters. The Hall–Kier alpha value is -0.970. The molecule has 22 heavy (non-hydrogen) atoms. The van der Waals surface area contributed by atoms with Gasteiger partial charge < -0.3 is 19.9 Å². The molecular formula is C17H26ClNO3. The van der Waals surface area contributed by atoms with Gasteiger partial charge in [-0.25, -0.2) is 0 Å². The molecule has 1 fully saturated rings. The second kappa shape index (κ2) is 8.04. The number of ether oxygens (including phenoxy) is 2. The molecule has 1 aliphatic carbocycles. The van der Waals surface area contributed by atoms with Crippen molar-refractivity contribution < 1.29 is 14.6 Å². The van der Waals surface area contributed by atoms with Crippen LogP contribution in [0.1, 0.15) is 44.6 Å². The Kier molecular flexibility index (Phi) is 6.36. The minimum atomic E-state index is -0.558. The highest BCUT2D eigenvalue weighted by Gasteiger charge is 2.28. The topological polar surface area (TPSA) is 50.7 Å². The van der Waals surface area contributed by atoms with Gasteiger partial charge in [-0.2, -0.15) is 0 Å². The Balaban J connectivity index is 1.96. The van der Waals surface area contributed by atoms with Gasteiger partial charge in [-0.15, -0.1) is 0 Å². The SMILES string of the molecule is CCOc1c(Cl)cc(CNCC2(O)CCCCC2)cc1OC. The van der Waals surface area contributed by atoms with E-state index in [0.29, 0.717) is 36.2 Å². The van der Waals surface area contributed by atoms with Crippen LogP contribution >= 0.6 is 11.6 Å². The number of hydrogen-bond donors (Lipinski definition) is 2. The highest BCUT2D eigenvalue weighted by Crippen LogP contribution is 2.36. The lowest BCUT2D eigenvalue weighted by Crippen LogP contribution is -2.41. The van der Waals surface area contributed by atoms with Gasteiger partial charge in [0.1, 0.15) is 0 Å². The van der Waals surface area contributed by atoms with Gasteiger partial charge in [0.2, 0.25) is 0 Å². The normalized spacial score (nSPS) is 17.3. The Bertz CT molecular complexity index is 487. The highest BCUT2D eigenvalue weighted by atomic mass is 35.5. The summed E-state index contributed by atoms with van der Waals surface area (Å²) in [4.78, 5) is 0. The molecule has 0 bridgehead atoms. The summed E-state index contributed by atoms with van der Waals surface area (Å²) in [6.07, 6.45) is 5.22. The molecule has 0 unspecified atom stereocenters. The summed E-state index contributed by atoms with van der Waals surface area (Å²) >= 11 is 6.26. The van der Waals surface area contributed by atoms with E-state index in [-0.39, 0.29) is 0 Å². The lowest BCUT2D eigenvalue weighted by molar-refractivity contribution is 0.00467. The fraction of sp³-hybridized carbons (Fsp3) is 0.647. The Labute approximate surface area is 137 Å². The van der Waals surface area contributed by atoms with Crippen molar-refractivity contribution in [3.8, 4) is 11.5 Å². The number of methoxy groups -OCH3 is 1. The zero-order chi connectivity index (χ0) is 16.0. The molecule has 0 amide bonds. The fourth-order valence-corrected chi connectivity index (χ4v) is 3.27. The van der Waals surface area contributed by atoms with Crippen LogP contribution in [0.5, 0.6) is 11.5 Å². The first-order valence-corrected chi connectivity index (χ1v) is 8.38. The quantitative estimate of drug-likeness (QED) is 0.804. The van der Waals surface area contributed by atoms with Crippen LogP contribution in [0.2, 0.25) is 5.02 Å². The van der Waals surface area contributed by atoms with Gasteiger partial charge in [-0.3, -0.25) is 0 Å². The van der Waals surface area contributed by atoms with Crippen LogP contribution in [0, 0.1) is 0 Å². The average molecular weight is 328 g/mol. The van der Waals surface area contributed by atoms with E-state index >= 15 is 0 Å². The number of aliphatic hydroxyl groups is 1. The van der Waals surface area contributed by atoms with Gasteiger partial charge >= 0.3 is 0 Å². The van der Waals surface area contributed by atoms with Crippen molar-refractivity contribution in [1.29, 1.82) is 0 Å². The molecule has 5 heteroatoms. The standard InChI is InChI=1S/C17H26ClNO3/c1-3-22-16-14(18)9-13(10-15(16)21-2)11-19-12-17(20)7-5-4-6-8-17/h9-10,19-20H,3-8,11-12H2,1-2H3. The summed E-state index contributed by atoms with van der Waals surface area (Å²) < 4.78 is 10.9. The molecule has 124 valence electrons. The zero-order valence-electron chi connectivity index (χ0n) is 13.5. The third-order valence-electron chi connectivity index (χ3n) is 4.15. The molecule has 0 spiro atoms.